The zero-order valence-corrected chi connectivity index (χ0v) is 24.3. The average molecular weight is 558 g/mol. The molecule has 3 heterocycles. The molecule has 0 radical (unpaired) electrons. The first-order chi connectivity index (χ1) is 19.0. The number of likely N-dealkylation sites (tertiary alicyclic amines) is 1. The van der Waals surface area contributed by atoms with Crippen LogP contribution < -0.4 is 10.1 Å². The normalized spacial score (nSPS) is 20.1. The Hall–Kier alpha value is -2.75. The smallest absolute Gasteiger partial charge is 0.325 e. The molecule has 0 bridgehead atoms. The van der Waals surface area contributed by atoms with Crippen LogP contribution in [-0.4, -0.2) is 66.0 Å². The Morgan fingerprint density at radius 3 is 2.80 bits per heavy atom. The first kappa shape index (κ1) is 30.2. The summed E-state index contributed by atoms with van der Waals surface area (Å²) in [4.78, 5) is 19.1. The number of fused-ring (bicyclic) bond motifs is 1. The van der Waals surface area contributed by atoms with E-state index < -0.39 is 23.4 Å². The highest BCUT2D eigenvalue weighted by atomic mass is 19.1. The molecule has 2 aromatic rings. The van der Waals surface area contributed by atoms with Crippen molar-refractivity contribution in [3.05, 3.63) is 52.5 Å². The summed E-state index contributed by atoms with van der Waals surface area (Å²) in [5, 5.41) is 24.0. The van der Waals surface area contributed by atoms with Crippen LogP contribution in [0.15, 0.2) is 24.3 Å². The summed E-state index contributed by atoms with van der Waals surface area (Å²) in [5.41, 5.74) is 1.41. The molecule has 220 valence electrons. The van der Waals surface area contributed by atoms with Gasteiger partial charge in [-0.15, -0.1) is 0 Å². The van der Waals surface area contributed by atoms with Crippen LogP contribution in [0.4, 0.5) is 10.2 Å². The van der Waals surface area contributed by atoms with Gasteiger partial charge in [-0.1, -0.05) is 19.4 Å². The third-order valence-electron chi connectivity index (χ3n) is 8.09. The van der Waals surface area contributed by atoms with Gasteiger partial charge in [-0.2, -0.15) is 0 Å². The predicted molar refractivity (Wildman–Crippen MR) is 152 cm³/mol. The molecule has 2 atom stereocenters. The molecule has 2 aliphatic heterocycles. The molecule has 2 aliphatic rings. The maximum absolute atomic E-state index is 14.9. The van der Waals surface area contributed by atoms with Crippen molar-refractivity contribution in [2.75, 3.05) is 45.3 Å². The zero-order valence-electron chi connectivity index (χ0n) is 24.3. The van der Waals surface area contributed by atoms with Gasteiger partial charge in [0.05, 0.1) is 19.3 Å². The molecule has 40 heavy (non-hydrogen) atoms. The lowest BCUT2D eigenvalue weighted by molar-refractivity contribution is -0.143. The number of ether oxygens (including phenoxy) is 2. The summed E-state index contributed by atoms with van der Waals surface area (Å²) < 4.78 is 26.2. The second-order valence-electron chi connectivity index (χ2n) is 12.1. The van der Waals surface area contributed by atoms with Crippen LogP contribution in [0.2, 0.25) is 0 Å². The van der Waals surface area contributed by atoms with E-state index in [9.17, 15) is 19.4 Å². The van der Waals surface area contributed by atoms with Crippen LogP contribution >= 0.6 is 0 Å². The number of methoxy groups -OCH3 is 1. The molecule has 0 saturated carbocycles. The quantitative estimate of drug-likeness (QED) is 0.293. The zero-order chi connectivity index (χ0) is 28.9. The van der Waals surface area contributed by atoms with E-state index in [0.717, 1.165) is 63.0 Å². The molecule has 0 spiro atoms. The number of aromatic nitrogens is 1. The van der Waals surface area contributed by atoms with Crippen LogP contribution in [-0.2, 0) is 28.0 Å². The maximum Gasteiger partial charge on any atom is 0.325 e. The summed E-state index contributed by atoms with van der Waals surface area (Å²) >= 11 is 0. The Morgan fingerprint density at radius 2 is 2.08 bits per heavy atom. The standard InChI is InChI=1S/C31H44FN3O5/c1-30(2,38)22-17-24(27(39-4)25(32)18-22)26(29(36)37)35-15-13-31(3,19-35)20-40-16-7-5-6-10-23-12-11-21-9-8-14-33-28(21)34-23/h11-12,17-18,26,38H,5-10,13-16,19-20H2,1-4H3,(H,33,34)(H,36,37)/t26?,31-/m0/s1. The lowest BCUT2D eigenvalue weighted by Crippen LogP contribution is -2.36. The molecule has 1 unspecified atom stereocenters. The molecule has 0 aliphatic carbocycles. The molecular weight excluding hydrogens is 513 g/mol. The Bertz CT molecular complexity index is 1180. The van der Waals surface area contributed by atoms with E-state index in [1.807, 2.05) is 4.90 Å². The van der Waals surface area contributed by atoms with Gasteiger partial charge in [0, 0.05) is 36.4 Å². The predicted octanol–water partition coefficient (Wildman–Crippen LogP) is 5.08. The highest BCUT2D eigenvalue weighted by Crippen LogP contribution is 2.40. The van der Waals surface area contributed by atoms with Gasteiger partial charge < -0.3 is 25.0 Å². The number of carboxylic acids is 1. The van der Waals surface area contributed by atoms with Crippen molar-refractivity contribution in [1.82, 2.24) is 9.88 Å². The molecule has 9 heteroatoms. The number of carbonyl (C=O) groups is 1. The molecular formula is C31H44FN3O5. The highest BCUT2D eigenvalue weighted by molar-refractivity contribution is 5.77. The number of nitrogens with one attached hydrogen (secondary N) is 1. The maximum atomic E-state index is 14.9. The minimum Gasteiger partial charge on any atom is -0.493 e. The topological polar surface area (TPSA) is 104 Å². The Balaban J connectivity index is 1.27. The fraction of sp³-hybridized carbons (Fsp3) is 0.613. The van der Waals surface area contributed by atoms with Crippen molar-refractivity contribution < 1.29 is 28.9 Å². The number of unbranched alkanes of at least 4 members (excludes halogenated alkanes) is 2. The van der Waals surface area contributed by atoms with Crippen LogP contribution in [0.1, 0.15) is 81.3 Å². The molecule has 1 saturated heterocycles. The van der Waals surface area contributed by atoms with Crippen molar-refractivity contribution in [3.63, 3.8) is 0 Å². The van der Waals surface area contributed by atoms with Gasteiger partial charge in [0.25, 0.3) is 0 Å². The van der Waals surface area contributed by atoms with E-state index in [2.05, 4.69) is 24.4 Å². The van der Waals surface area contributed by atoms with E-state index in [1.165, 1.54) is 18.7 Å². The molecule has 8 nitrogen and oxygen atoms in total. The number of aliphatic carboxylic acids is 1. The number of halogens is 1. The molecule has 1 aromatic heterocycles. The number of nitrogens with zero attached hydrogens (tertiary/aromatic N) is 2. The number of benzene rings is 1. The van der Waals surface area contributed by atoms with Gasteiger partial charge in [0.1, 0.15) is 11.9 Å². The van der Waals surface area contributed by atoms with E-state index >= 15 is 0 Å². The number of aliphatic hydroxyl groups is 1. The van der Waals surface area contributed by atoms with E-state index in [0.29, 0.717) is 31.9 Å². The van der Waals surface area contributed by atoms with Crippen molar-refractivity contribution in [1.29, 1.82) is 0 Å². The summed E-state index contributed by atoms with van der Waals surface area (Å²) in [6.45, 7) is 8.41. The van der Waals surface area contributed by atoms with Gasteiger partial charge in [-0.05, 0) is 88.2 Å². The molecule has 3 N–H and O–H groups in total. The first-order valence-electron chi connectivity index (χ1n) is 14.4. The van der Waals surface area contributed by atoms with Crippen molar-refractivity contribution in [2.24, 2.45) is 5.41 Å². The minimum absolute atomic E-state index is 0.105. The number of hydrogen-bond acceptors (Lipinski definition) is 7. The number of rotatable bonds is 13. The Kier molecular flexibility index (Phi) is 9.69. The van der Waals surface area contributed by atoms with Crippen LogP contribution in [0.25, 0.3) is 0 Å². The molecule has 1 aromatic carbocycles. The lowest BCUT2D eigenvalue weighted by Gasteiger charge is -2.30. The highest BCUT2D eigenvalue weighted by Gasteiger charge is 2.42. The van der Waals surface area contributed by atoms with E-state index in [-0.39, 0.29) is 16.7 Å². The van der Waals surface area contributed by atoms with Gasteiger partial charge in [0.15, 0.2) is 11.6 Å². The van der Waals surface area contributed by atoms with Crippen LogP contribution in [0, 0.1) is 11.2 Å². The van der Waals surface area contributed by atoms with Crippen LogP contribution in [0.5, 0.6) is 5.75 Å². The number of hydrogen-bond donors (Lipinski definition) is 3. The number of pyridine rings is 1. The minimum atomic E-state index is -1.33. The molecule has 1 fully saturated rings. The third-order valence-corrected chi connectivity index (χ3v) is 8.09. The lowest BCUT2D eigenvalue weighted by atomic mass is 9.90. The average Bonchev–Trinajstić information content (AvgIpc) is 3.28. The van der Waals surface area contributed by atoms with Gasteiger partial charge in [-0.3, -0.25) is 9.69 Å². The van der Waals surface area contributed by atoms with Crippen LogP contribution in [0.3, 0.4) is 0 Å². The summed E-state index contributed by atoms with van der Waals surface area (Å²) in [6, 6.07) is 5.99. The first-order valence-corrected chi connectivity index (χ1v) is 14.4. The largest absolute Gasteiger partial charge is 0.493 e. The Labute approximate surface area is 236 Å². The fourth-order valence-electron chi connectivity index (χ4n) is 5.79. The fourth-order valence-corrected chi connectivity index (χ4v) is 5.79. The van der Waals surface area contributed by atoms with E-state index in [1.54, 1.807) is 19.9 Å². The Morgan fingerprint density at radius 1 is 1.27 bits per heavy atom. The monoisotopic (exact) mass is 557 g/mol. The van der Waals surface area contributed by atoms with Gasteiger partial charge in [-0.25, -0.2) is 9.37 Å². The van der Waals surface area contributed by atoms with Crippen molar-refractivity contribution in [2.45, 2.75) is 77.4 Å². The van der Waals surface area contributed by atoms with E-state index in [4.69, 9.17) is 14.5 Å². The van der Waals surface area contributed by atoms with Gasteiger partial charge >= 0.3 is 5.97 Å². The van der Waals surface area contributed by atoms with Gasteiger partial charge in [0.2, 0.25) is 0 Å². The number of aryl methyl sites for hydroxylation is 2. The number of anilines is 1. The summed E-state index contributed by atoms with van der Waals surface area (Å²) in [7, 11) is 1.33. The second kappa shape index (κ2) is 12.8. The van der Waals surface area contributed by atoms with Crippen molar-refractivity contribution >= 4 is 11.8 Å². The summed E-state index contributed by atoms with van der Waals surface area (Å²) in [6.07, 6.45) is 7.06. The van der Waals surface area contributed by atoms with Crippen molar-refractivity contribution in [3.8, 4) is 5.75 Å². The molecule has 0 amide bonds. The summed E-state index contributed by atoms with van der Waals surface area (Å²) in [5.74, 6) is -0.829. The SMILES string of the molecule is COc1c(F)cc(C(C)(C)O)cc1C(C(=O)O)N1CC[C@](C)(COCCCCCc2ccc3c(n2)NCCC3)C1. The number of carboxylic acid groups (broad SMARTS) is 1. The third kappa shape index (κ3) is 7.30. The second-order valence-corrected chi connectivity index (χ2v) is 12.1. The molecule has 4 rings (SSSR count).